The lowest BCUT2D eigenvalue weighted by Gasteiger charge is -2.27. The van der Waals surface area contributed by atoms with Crippen LogP contribution in [0, 0.1) is 5.41 Å². The summed E-state index contributed by atoms with van der Waals surface area (Å²) in [6.07, 6.45) is 2.92. The van der Waals surface area contributed by atoms with Crippen LogP contribution in [0.4, 0.5) is 0 Å². The highest BCUT2D eigenvalue weighted by Gasteiger charge is 2.36. The van der Waals surface area contributed by atoms with Crippen LogP contribution < -0.4 is 0 Å². The number of nitrogens with zero attached hydrogens (tertiary/aromatic N) is 4. The van der Waals surface area contributed by atoms with Gasteiger partial charge in [0.05, 0.1) is 0 Å². The molecular weight excluding hydrogens is 164 g/mol. The molecule has 0 aromatic carbocycles. The maximum atomic E-state index is 4.13. The van der Waals surface area contributed by atoms with Crippen LogP contribution >= 0.6 is 0 Å². The Labute approximate surface area is 79.5 Å². The molecule has 1 rings (SSSR count). The molecule has 0 aliphatic carbocycles. The molecule has 1 aliphatic heterocycles. The first-order chi connectivity index (χ1) is 5.97. The van der Waals surface area contributed by atoms with Gasteiger partial charge < -0.3 is 0 Å². The Morgan fingerprint density at radius 1 is 1.08 bits per heavy atom. The van der Waals surface area contributed by atoms with Crippen molar-refractivity contribution in [2.24, 2.45) is 26.1 Å². The molecule has 0 spiro atoms. The second-order valence-corrected chi connectivity index (χ2v) is 4.85. The van der Waals surface area contributed by atoms with Crippen LogP contribution in [0.3, 0.4) is 0 Å². The quantitative estimate of drug-likeness (QED) is 0.638. The number of hydrogen-bond acceptors (Lipinski definition) is 4. The molecule has 0 aromatic rings. The third kappa shape index (κ3) is 2.86. The molecule has 0 atom stereocenters. The molecule has 0 radical (unpaired) electrons. The van der Waals surface area contributed by atoms with Gasteiger partial charge in [0.15, 0.2) is 5.66 Å². The third-order valence-electron chi connectivity index (χ3n) is 1.97. The minimum atomic E-state index is -0.354. The monoisotopic (exact) mass is 182 g/mol. The molecule has 0 N–H and O–H groups in total. The van der Waals surface area contributed by atoms with E-state index < -0.39 is 0 Å². The van der Waals surface area contributed by atoms with E-state index in [2.05, 4.69) is 48.4 Å². The predicted molar refractivity (Wildman–Crippen MR) is 51.4 cm³/mol. The van der Waals surface area contributed by atoms with Gasteiger partial charge in [0.25, 0.3) is 0 Å². The summed E-state index contributed by atoms with van der Waals surface area (Å²) in [5.74, 6) is 0. The van der Waals surface area contributed by atoms with E-state index in [4.69, 9.17) is 0 Å². The topological polar surface area (TPSA) is 49.4 Å². The minimum Gasteiger partial charge on any atom is -0.135 e. The molecule has 0 saturated carbocycles. The van der Waals surface area contributed by atoms with Crippen LogP contribution in [0.1, 0.15) is 47.0 Å². The van der Waals surface area contributed by atoms with Crippen molar-refractivity contribution < 1.29 is 0 Å². The van der Waals surface area contributed by atoms with Gasteiger partial charge in [0.2, 0.25) is 0 Å². The van der Waals surface area contributed by atoms with Crippen molar-refractivity contribution in [3.63, 3.8) is 0 Å². The second-order valence-electron chi connectivity index (χ2n) is 4.85. The molecule has 4 heteroatoms. The molecule has 0 fully saturated rings. The minimum absolute atomic E-state index is 0.220. The third-order valence-corrected chi connectivity index (χ3v) is 1.97. The van der Waals surface area contributed by atoms with Gasteiger partial charge in [0, 0.05) is 6.42 Å². The molecule has 0 saturated heterocycles. The number of rotatable bonds is 3. The van der Waals surface area contributed by atoms with Crippen molar-refractivity contribution in [3.8, 4) is 0 Å². The highest BCUT2D eigenvalue weighted by molar-refractivity contribution is 4.88. The van der Waals surface area contributed by atoms with E-state index in [0.717, 1.165) is 19.3 Å². The fraction of sp³-hybridized carbons (Fsp3) is 1.00. The summed E-state index contributed by atoms with van der Waals surface area (Å²) >= 11 is 0. The van der Waals surface area contributed by atoms with Crippen molar-refractivity contribution in [3.05, 3.63) is 0 Å². The standard InChI is InChI=1S/C9H18N4/c1-5-6-9(7-8(2,3)4)10-12-13-11-9/h5-7H2,1-4H3. The Balaban J connectivity index is 2.69. The van der Waals surface area contributed by atoms with Crippen LogP contribution in [0.25, 0.3) is 0 Å². The Hall–Kier alpha value is -0.800. The summed E-state index contributed by atoms with van der Waals surface area (Å²) in [5.41, 5.74) is -0.134. The predicted octanol–water partition coefficient (Wildman–Crippen LogP) is 3.75. The zero-order valence-electron chi connectivity index (χ0n) is 8.91. The first kappa shape index (κ1) is 10.3. The van der Waals surface area contributed by atoms with E-state index in [1.807, 2.05) is 0 Å². The van der Waals surface area contributed by atoms with Crippen molar-refractivity contribution in [1.82, 2.24) is 0 Å². The van der Waals surface area contributed by atoms with Crippen molar-refractivity contribution in [2.45, 2.75) is 52.6 Å². The largest absolute Gasteiger partial charge is 0.195 e. The van der Waals surface area contributed by atoms with E-state index in [1.165, 1.54) is 0 Å². The lowest BCUT2D eigenvalue weighted by molar-refractivity contribution is 0.247. The normalized spacial score (nSPS) is 19.7. The summed E-state index contributed by atoms with van der Waals surface area (Å²) in [7, 11) is 0. The average Bonchev–Trinajstić information content (AvgIpc) is 2.33. The van der Waals surface area contributed by atoms with E-state index in [0.29, 0.717) is 0 Å². The second kappa shape index (κ2) is 3.52. The highest BCUT2D eigenvalue weighted by Crippen LogP contribution is 2.37. The molecule has 1 aliphatic rings. The molecule has 13 heavy (non-hydrogen) atoms. The van der Waals surface area contributed by atoms with E-state index in [9.17, 15) is 0 Å². The number of hydrogen-bond donors (Lipinski definition) is 0. The van der Waals surface area contributed by atoms with Crippen LogP contribution in [0.5, 0.6) is 0 Å². The average molecular weight is 182 g/mol. The molecule has 0 amide bonds. The van der Waals surface area contributed by atoms with Crippen LogP contribution in [0.2, 0.25) is 0 Å². The first-order valence-corrected chi connectivity index (χ1v) is 4.81. The summed E-state index contributed by atoms with van der Waals surface area (Å²) in [6.45, 7) is 8.70. The molecular formula is C9H18N4. The van der Waals surface area contributed by atoms with Crippen molar-refractivity contribution in [1.29, 1.82) is 0 Å². The molecule has 1 heterocycles. The fourth-order valence-electron chi connectivity index (χ4n) is 1.74. The van der Waals surface area contributed by atoms with Gasteiger partial charge in [-0.2, -0.15) is 0 Å². The van der Waals surface area contributed by atoms with Gasteiger partial charge in [-0.25, -0.2) is 0 Å². The zero-order valence-corrected chi connectivity index (χ0v) is 8.91. The maximum Gasteiger partial charge on any atom is 0.195 e. The maximum absolute atomic E-state index is 4.13. The van der Waals surface area contributed by atoms with Gasteiger partial charge in [0.1, 0.15) is 0 Å². The van der Waals surface area contributed by atoms with Gasteiger partial charge in [-0.3, -0.25) is 0 Å². The highest BCUT2D eigenvalue weighted by atomic mass is 15.6. The van der Waals surface area contributed by atoms with Crippen LogP contribution in [-0.4, -0.2) is 5.66 Å². The van der Waals surface area contributed by atoms with Gasteiger partial charge in [-0.1, -0.05) is 34.1 Å². The fourth-order valence-corrected chi connectivity index (χ4v) is 1.74. The SMILES string of the molecule is CCCC1(CC(C)(C)C)N=NN=N1. The lowest BCUT2D eigenvalue weighted by atomic mass is 9.83. The summed E-state index contributed by atoms with van der Waals surface area (Å²) in [4.78, 5) is 0. The Morgan fingerprint density at radius 3 is 2.00 bits per heavy atom. The summed E-state index contributed by atoms with van der Waals surface area (Å²) in [5, 5.41) is 15.5. The molecule has 0 aromatic heterocycles. The summed E-state index contributed by atoms with van der Waals surface area (Å²) in [6, 6.07) is 0. The molecule has 0 unspecified atom stereocenters. The zero-order chi connectivity index (χ0) is 9.95. The van der Waals surface area contributed by atoms with Crippen molar-refractivity contribution >= 4 is 0 Å². The Kier molecular flexibility index (Phi) is 2.78. The van der Waals surface area contributed by atoms with Crippen LogP contribution in [-0.2, 0) is 0 Å². The van der Waals surface area contributed by atoms with E-state index in [1.54, 1.807) is 0 Å². The lowest BCUT2D eigenvalue weighted by Crippen LogP contribution is -2.27. The first-order valence-electron chi connectivity index (χ1n) is 4.81. The molecule has 74 valence electrons. The van der Waals surface area contributed by atoms with Crippen molar-refractivity contribution in [2.75, 3.05) is 0 Å². The molecule has 4 nitrogen and oxygen atoms in total. The van der Waals surface area contributed by atoms with Crippen LogP contribution in [0.15, 0.2) is 20.7 Å². The Morgan fingerprint density at radius 2 is 1.62 bits per heavy atom. The smallest absolute Gasteiger partial charge is 0.135 e. The Bertz CT molecular complexity index is 212. The van der Waals surface area contributed by atoms with Gasteiger partial charge in [-0.15, -0.1) is 10.2 Å². The molecule has 0 bridgehead atoms. The van der Waals surface area contributed by atoms with E-state index >= 15 is 0 Å². The van der Waals surface area contributed by atoms with E-state index in [-0.39, 0.29) is 11.1 Å². The van der Waals surface area contributed by atoms with Gasteiger partial charge >= 0.3 is 0 Å². The van der Waals surface area contributed by atoms with Gasteiger partial charge in [-0.05, 0) is 22.3 Å². The summed E-state index contributed by atoms with van der Waals surface area (Å²) < 4.78 is 0.